The number of sulfonamides is 1. The first-order chi connectivity index (χ1) is 9.81. The minimum atomic E-state index is -3.86. The molecule has 2 N–H and O–H groups in total. The predicted octanol–water partition coefficient (Wildman–Crippen LogP) is 2.33. The average Bonchev–Trinajstić information content (AvgIpc) is 2.82. The standard InChI is InChI=1S/C14H15NO5S/c1-9(11-6-4-3-5-7-11)15-21(18,19)13-8-12(14(16)17)20-10(13)2/h3-9,15H,1-2H3,(H,16,17)/t9-/m1/s1. The molecule has 112 valence electrons. The van der Waals surface area contributed by atoms with E-state index in [-0.39, 0.29) is 10.7 Å². The van der Waals surface area contributed by atoms with E-state index in [9.17, 15) is 13.2 Å². The molecule has 0 spiro atoms. The molecule has 2 rings (SSSR count). The van der Waals surface area contributed by atoms with Gasteiger partial charge in [0.1, 0.15) is 10.7 Å². The lowest BCUT2D eigenvalue weighted by Crippen LogP contribution is -2.27. The van der Waals surface area contributed by atoms with Crippen LogP contribution in [-0.4, -0.2) is 19.5 Å². The Kier molecular flexibility index (Phi) is 4.15. The second-order valence-corrected chi connectivity index (χ2v) is 6.27. The highest BCUT2D eigenvalue weighted by molar-refractivity contribution is 7.89. The average molecular weight is 309 g/mol. The Bertz CT molecular complexity index is 749. The molecule has 7 heteroatoms. The van der Waals surface area contributed by atoms with Crippen LogP contribution in [0.15, 0.2) is 45.7 Å². The highest BCUT2D eigenvalue weighted by Gasteiger charge is 2.25. The van der Waals surface area contributed by atoms with E-state index in [1.807, 2.05) is 18.2 Å². The lowest BCUT2D eigenvalue weighted by atomic mass is 10.1. The molecule has 0 unspecified atom stereocenters. The van der Waals surface area contributed by atoms with Crippen molar-refractivity contribution in [1.29, 1.82) is 0 Å². The number of rotatable bonds is 5. The van der Waals surface area contributed by atoms with E-state index < -0.39 is 27.8 Å². The number of aromatic carboxylic acids is 1. The zero-order valence-corrected chi connectivity index (χ0v) is 12.3. The van der Waals surface area contributed by atoms with E-state index in [1.54, 1.807) is 19.1 Å². The van der Waals surface area contributed by atoms with E-state index in [2.05, 4.69) is 4.72 Å². The number of aryl methyl sites for hydroxylation is 1. The first-order valence-corrected chi connectivity index (χ1v) is 7.70. The van der Waals surface area contributed by atoms with Gasteiger partial charge in [-0.3, -0.25) is 0 Å². The van der Waals surface area contributed by atoms with Crippen LogP contribution in [0.3, 0.4) is 0 Å². The lowest BCUT2D eigenvalue weighted by Gasteiger charge is -2.14. The van der Waals surface area contributed by atoms with Crippen LogP contribution >= 0.6 is 0 Å². The summed E-state index contributed by atoms with van der Waals surface area (Å²) in [5.74, 6) is -1.67. The van der Waals surface area contributed by atoms with Crippen molar-refractivity contribution < 1.29 is 22.7 Å². The molecule has 1 heterocycles. The molecule has 0 fully saturated rings. The van der Waals surface area contributed by atoms with E-state index >= 15 is 0 Å². The number of hydrogen-bond donors (Lipinski definition) is 2. The molecule has 0 aliphatic carbocycles. The van der Waals surface area contributed by atoms with Gasteiger partial charge in [-0.1, -0.05) is 30.3 Å². The van der Waals surface area contributed by atoms with E-state index in [4.69, 9.17) is 9.52 Å². The maximum absolute atomic E-state index is 12.3. The van der Waals surface area contributed by atoms with Crippen LogP contribution < -0.4 is 4.72 Å². The van der Waals surface area contributed by atoms with Gasteiger partial charge in [0.05, 0.1) is 0 Å². The maximum atomic E-state index is 12.3. The van der Waals surface area contributed by atoms with Gasteiger partial charge in [0.15, 0.2) is 0 Å². The first kappa shape index (κ1) is 15.3. The molecule has 0 bridgehead atoms. The Labute approximate surface area is 122 Å². The van der Waals surface area contributed by atoms with Crippen LogP contribution in [0, 0.1) is 6.92 Å². The van der Waals surface area contributed by atoms with E-state index in [0.717, 1.165) is 11.6 Å². The van der Waals surface area contributed by atoms with Crippen LogP contribution in [0.5, 0.6) is 0 Å². The number of furan rings is 1. The SMILES string of the molecule is Cc1oc(C(=O)O)cc1S(=O)(=O)N[C@H](C)c1ccccc1. The molecule has 1 atom stereocenters. The summed E-state index contributed by atoms with van der Waals surface area (Å²) in [6, 6.07) is 9.63. The highest BCUT2D eigenvalue weighted by Crippen LogP contribution is 2.22. The molecule has 0 aliphatic heterocycles. The second kappa shape index (κ2) is 5.71. The van der Waals surface area contributed by atoms with Crippen LogP contribution in [0.25, 0.3) is 0 Å². The number of carbonyl (C=O) groups is 1. The summed E-state index contributed by atoms with van der Waals surface area (Å²) in [5, 5.41) is 8.84. The number of carboxylic acid groups (broad SMARTS) is 1. The summed E-state index contributed by atoms with van der Waals surface area (Å²) in [5.41, 5.74) is 0.806. The third kappa shape index (κ3) is 3.32. The summed E-state index contributed by atoms with van der Waals surface area (Å²) in [6.07, 6.45) is 0. The fourth-order valence-electron chi connectivity index (χ4n) is 1.94. The van der Waals surface area contributed by atoms with Crippen molar-refractivity contribution in [1.82, 2.24) is 4.72 Å². The highest BCUT2D eigenvalue weighted by atomic mass is 32.2. The smallest absolute Gasteiger partial charge is 0.371 e. The fraction of sp³-hybridized carbons (Fsp3) is 0.214. The van der Waals surface area contributed by atoms with Gasteiger partial charge >= 0.3 is 5.97 Å². The van der Waals surface area contributed by atoms with Crippen molar-refractivity contribution in [3.8, 4) is 0 Å². The molecule has 21 heavy (non-hydrogen) atoms. The zero-order valence-electron chi connectivity index (χ0n) is 11.5. The fourth-order valence-corrected chi connectivity index (χ4v) is 3.35. The van der Waals surface area contributed by atoms with Gasteiger partial charge < -0.3 is 9.52 Å². The summed E-state index contributed by atoms with van der Waals surface area (Å²) >= 11 is 0. The summed E-state index contributed by atoms with van der Waals surface area (Å²) < 4.78 is 32.0. The zero-order chi connectivity index (χ0) is 15.6. The molecular formula is C14H15NO5S. The monoisotopic (exact) mass is 309 g/mol. The quantitative estimate of drug-likeness (QED) is 0.883. The van der Waals surface area contributed by atoms with E-state index in [0.29, 0.717) is 0 Å². The topological polar surface area (TPSA) is 96.6 Å². The van der Waals surface area contributed by atoms with Gasteiger partial charge in [-0.15, -0.1) is 0 Å². The number of benzene rings is 1. The summed E-state index contributed by atoms with van der Waals surface area (Å²) in [6.45, 7) is 3.12. The van der Waals surface area contributed by atoms with Crippen LogP contribution in [-0.2, 0) is 10.0 Å². The Morgan fingerprint density at radius 3 is 2.43 bits per heavy atom. The molecule has 0 saturated heterocycles. The molecule has 1 aromatic carbocycles. The molecule has 0 amide bonds. The molecule has 6 nitrogen and oxygen atoms in total. The van der Waals surface area contributed by atoms with Crippen molar-refractivity contribution in [3.63, 3.8) is 0 Å². The normalized spacial score (nSPS) is 13.0. The molecule has 1 aromatic heterocycles. The number of hydrogen-bond acceptors (Lipinski definition) is 4. The number of carboxylic acids is 1. The van der Waals surface area contributed by atoms with Gasteiger partial charge in [0.2, 0.25) is 15.8 Å². The van der Waals surface area contributed by atoms with Crippen molar-refractivity contribution in [2.75, 3.05) is 0 Å². The minimum Gasteiger partial charge on any atom is -0.475 e. The van der Waals surface area contributed by atoms with Crippen LogP contribution in [0.2, 0.25) is 0 Å². The van der Waals surface area contributed by atoms with E-state index in [1.165, 1.54) is 6.92 Å². The Morgan fingerprint density at radius 2 is 1.90 bits per heavy atom. The molecular weight excluding hydrogens is 294 g/mol. The van der Waals surface area contributed by atoms with Gasteiger partial charge in [-0.05, 0) is 19.4 Å². The Balaban J connectivity index is 2.29. The summed E-state index contributed by atoms with van der Waals surface area (Å²) in [4.78, 5) is 10.7. The minimum absolute atomic E-state index is 0.0418. The number of nitrogens with one attached hydrogen (secondary N) is 1. The van der Waals surface area contributed by atoms with Crippen LogP contribution in [0.4, 0.5) is 0 Å². The summed E-state index contributed by atoms with van der Waals surface area (Å²) in [7, 11) is -3.86. The van der Waals surface area contributed by atoms with Crippen molar-refractivity contribution in [3.05, 3.63) is 53.5 Å². The van der Waals surface area contributed by atoms with Gasteiger partial charge in [-0.2, -0.15) is 0 Å². The molecule has 2 aromatic rings. The van der Waals surface area contributed by atoms with Gasteiger partial charge in [0, 0.05) is 12.1 Å². The first-order valence-electron chi connectivity index (χ1n) is 6.22. The maximum Gasteiger partial charge on any atom is 0.371 e. The Morgan fingerprint density at radius 1 is 1.29 bits per heavy atom. The molecule has 0 radical (unpaired) electrons. The van der Waals surface area contributed by atoms with Gasteiger partial charge in [0.25, 0.3) is 0 Å². The van der Waals surface area contributed by atoms with Crippen molar-refractivity contribution in [2.45, 2.75) is 24.8 Å². The van der Waals surface area contributed by atoms with Crippen LogP contribution in [0.1, 0.15) is 34.8 Å². The Hall–Kier alpha value is -2.12. The second-order valence-electron chi connectivity index (χ2n) is 4.59. The van der Waals surface area contributed by atoms with Gasteiger partial charge in [-0.25, -0.2) is 17.9 Å². The lowest BCUT2D eigenvalue weighted by molar-refractivity contribution is 0.0661. The molecule has 0 saturated carbocycles. The van der Waals surface area contributed by atoms with Crippen molar-refractivity contribution >= 4 is 16.0 Å². The van der Waals surface area contributed by atoms with Crippen molar-refractivity contribution in [2.24, 2.45) is 0 Å². The largest absolute Gasteiger partial charge is 0.475 e. The predicted molar refractivity (Wildman–Crippen MR) is 75.6 cm³/mol. The third-order valence-electron chi connectivity index (χ3n) is 3.00. The third-order valence-corrected chi connectivity index (χ3v) is 4.65. The molecule has 0 aliphatic rings.